The predicted octanol–water partition coefficient (Wildman–Crippen LogP) is 3.37. The standard InChI is InChI=1S/C27H30N4O3/c1-2-19-8-9-22-23(29-19)10-11-24-25(22)34-21(17-33-24)16-30-14-12-27(13-15-30)26(32)28-18-31(27)20-6-4-3-5-7-20/h3-11,21H,2,12-18H2,1H3,(H,28,32). The van der Waals surface area contributed by atoms with Gasteiger partial charge in [0, 0.05) is 36.4 Å². The minimum absolute atomic E-state index is 0.0550. The average Bonchev–Trinajstić information content (AvgIpc) is 3.20. The van der Waals surface area contributed by atoms with Gasteiger partial charge in [-0.1, -0.05) is 25.1 Å². The van der Waals surface area contributed by atoms with Crippen molar-refractivity contribution in [1.82, 2.24) is 15.2 Å². The van der Waals surface area contributed by atoms with Crippen LogP contribution in [0.1, 0.15) is 25.5 Å². The zero-order valence-electron chi connectivity index (χ0n) is 19.5. The minimum atomic E-state index is -0.465. The normalized spacial score (nSPS) is 21.7. The van der Waals surface area contributed by atoms with Crippen molar-refractivity contribution < 1.29 is 14.3 Å². The number of fused-ring (bicyclic) bond motifs is 3. The number of likely N-dealkylation sites (tertiary alicyclic amines) is 1. The Bertz CT molecular complexity index is 1210. The van der Waals surface area contributed by atoms with Crippen LogP contribution in [0.2, 0.25) is 0 Å². The number of anilines is 1. The molecular weight excluding hydrogens is 428 g/mol. The summed E-state index contributed by atoms with van der Waals surface area (Å²) in [6, 6.07) is 18.4. The lowest BCUT2D eigenvalue weighted by Crippen LogP contribution is -2.57. The second-order valence-electron chi connectivity index (χ2n) is 9.43. The van der Waals surface area contributed by atoms with E-state index in [4.69, 9.17) is 14.5 Å². The Kier molecular flexibility index (Phi) is 5.29. The Morgan fingerprint density at radius 1 is 1.09 bits per heavy atom. The summed E-state index contributed by atoms with van der Waals surface area (Å²) >= 11 is 0. The first-order chi connectivity index (χ1) is 16.7. The van der Waals surface area contributed by atoms with E-state index < -0.39 is 5.54 Å². The van der Waals surface area contributed by atoms with E-state index in [2.05, 4.69) is 46.3 Å². The van der Waals surface area contributed by atoms with E-state index in [0.717, 1.165) is 72.7 Å². The number of pyridine rings is 1. The summed E-state index contributed by atoms with van der Waals surface area (Å²) in [5.41, 5.74) is 2.65. The fourth-order valence-electron chi connectivity index (χ4n) is 5.53. The first-order valence-electron chi connectivity index (χ1n) is 12.2. The monoisotopic (exact) mass is 458 g/mol. The van der Waals surface area contributed by atoms with Crippen molar-refractivity contribution in [3.63, 3.8) is 0 Å². The lowest BCUT2D eigenvalue weighted by atomic mass is 9.85. The van der Waals surface area contributed by atoms with Crippen LogP contribution in [0.15, 0.2) is 54.6 Å². The molecule has 2 fully saturated rings. The molecule has 3 aliphatic rings. The molecule has 0 saturated carbocycles. The Balaban J connectivity index is 1.15. The Hall–Kier alpha value is -3.32. The van der Waals surface area contributed by atoms with Crippen molar-refractivity contribution in [3.8, 4) is 11.5 Å². The molecule has 4 heterocycles. The van der Waals surface area contributed by atoms with Gasteiger partial charge in [-0.2, -0.15) is 0 Å². The number of hydrogen-bond donors (Lipinski definition) is 1. The molecule has 0 aliphatic carbocycles. The molecule has 6 rings (SSSR count). The predicted molar refractivity (Wildman–Crippen MR) is 131 cm³/mol. The number of carbonyl (C=O) groups is 1. The molecule has 7 nitrogen and oxygen atoms in total. The molecule has 7 heteroatoms. The van der Waals surface area contributed by atoms with E-state index in [-0.39, 0.29) is 12.0 Å². The fourth-order valence-corrected chi connectivity index (χ4v) is 5.53. The highest BCUT2D eigenvalue weighted by atomic mass is 16.6. The molecule has 3 aromatic rings. The van der Waals surface area contributed by atoms with Gasteiger partial charge in [-0.3, -0.25) is 14.7 Å². The number of carbonyl (C=O) groups excluding carboxylic acids is 1. The summed E-state index contributed by atoms with van der Waals surface area (Å²) in [6.07, 6.45) is 2.44. The first-order valence-corrected chi connectivity index (χ1v) is 12.2. The van der Waals surface area contributed by atoms with Crippen molar-refractivity contribution in [2.45, 2.75) is 37.8 Å². The molecule has 1 spiro atoms. The van der Waals surface area contributed by atoms with Crippen LogP contribution >= 0.6 is 0 Å². The third-order valence-electron chi connectivity index (χ3n) is 7.46. The Morgan fingerprint density at radius 3 is 2.71 bits per heavy atom. The van der Waals surface area contributed by atoms with Gasteiger partial charge in [0.15, 0.2) is 11.5 Å². The number of aryl methyl sites for hydroxylation is 1. The van der Waals surface area contributed by atoms with Crippen LogP contribution in [0.4, 0.5) is 5.69 Å². The maximum Gasteiger partial charge on any atom is 0.247 e. The smallest absolute Gasteiger partial charge is 0.247 e. The molecule has 2 saturated heterocycles. The number of amides is 1. The van der Waals surface area contributed by atoms with Crippen molar-refractivity contribution in [2.75, 3.05) is 37.8 Å². The van der Waals surface area contributed by atoms with Gasteiger partial charge in [-0.25, -0.2) is 0 Å². The number of nitrogens with zero attached hydrogens (tertiary/aromatic N) is 3. The SMILES string of the molecule is CCc1ccc2c3c(ccc2n1)OCC(CN1CCC2(CC1)C(=O)NCN2c1ccccc1)O3. The van der Waals surface area contributed by atoms with Crippen LogP contribution < -0.4 is 19.7 Å². The van der Waals surface area contributed by atoms with E-state index in [9.17, 15) is 4.79 Å². The molecule has 1 amide bonds. The summed E-state index contributed by atoms with van der Waals surface area (Å²) in [5.74, 6) is 1.73. The van der Waals surface area contributed by atoms with Gasteiger partial charge in [-0.05, 0) is 55.7 Å². The van der Waals surface area contributed by atoms with Crippen LogP contribution in [0.25, 0.3) is 10.9 Å². The van der Waals surface area contributed by atoms with Crippen LogP contribution in [0.5, 0.6) is 11.5 Å². The number of aromatic nitrogens is 1. The molecule has 0 bridgehead atoms. The number of rotatable bonds is 4. The molecular formula is C27H30N4O3. The van der Waals surface area contributed by atoms with Crippen molar-refractivity contribution in [1.29, 1.82) is 0 Å². The fraction of sp³-hybridized carbons (Fsp3) is 0.407. The van der Waals surface area contributed by atoms with Crippen molar-refractivity contribution >= 4 is 22.5 Å². The van der Waals surface area contributed by atoms with Gasteiger partial charge < -0.3 is 19.7 Å². The van der Waals surface area contributed by atoms with Crippen LogP contribution in [-0.4, -0.2) is 60.3 Å². The summed E-state index contributed by atoms with van der Waals surface area (Å²) in [4.78, 5) is 22.3. The highest BCUT2D eigenvalue weighted by molar-refractivity contribution is 5.93. The topological polar surface area (TPSA) is 66.9 Å². The molecule has 34 heavy (non-hydrogen) atoms. The van der Waals surface area contributed by atoms with Gasteiger partial charge >= 0.3 is 0 Å². The van der Waals surface area contributed by atoms with Crippen molar-refractivity contribution in [3.05, 3.63) is 60.3 Å². The van der Waals surface area contributed by atoms with Gasteiger partial charge in [0.25, 0.3) is 0 Å². The summed E-state index contributed by atoms with van der Waals surface area (Å²) in [6.45, 7) is 5.68. The lowest BCUT2D eigenvalue weighted by Gasteiger charge is -2.44. The highest BCUT2D eigenvalue weighted by Crippen LogP contribution is 2.39. The van der Waals surface area contributed by atoms with E-state index in [0.29, 0.717) is 13.3 Å². The van der Waals surface area contributed by atoms with Crippen molar-refractivity contribution in [2.24, 2.45) is 0 Å². The third-order valence-corrected chi connectivity index (χ3v) is 7.46. The molecule has 1 atom stereocenters. The van der Waals surface area contributed by atoms with Crippen LogP contribution in [0, 0.1) is 0 Å². The van der Waals surface area contributed by atoms with Gasteiger partial charge in [-0.15, -0.1) is 0 Å². The summed E-state index contributed by atoms with van der Waals surface area (Å²) in [5, 5.41) is 4.08. The molecule has 3 aliphatic heterocycles. The quantitative estimate of drug-likeness (QED) is 0.647. The second kappa shape index (κ2) is 8.47. The third kappa shape index (κ3) is 3.55. The lowest BCUT2D eigenvalue weighted by molar-refractivity contribution is -0.125. The zero-order valence-corrected chi connectivity index (χ0v) is 19.5. The molecule has 1 N–H and O–H groups in total. The van der Waals surface area contributed by atoms with E-state index in [1.54, 1.807) is 0 Å². The van der Waals surface area contributed by atoms with E-state index in [1.165, 1.54) is 0 Å². The molecule has 1 unspecified atom stereocenters. The van der Waals surface area contributed by atoms with Crippen LogP contribution in [0.3, 0.4) is 0 Å². The number of benzene rings is 2. The minimum Gasteiger partial charge on any atom is -0.486 e. The maximum absolute atomic E-state index is 12.9. The summed E-state index contributed by atoms with van der Waals surface area (Å²) < 4.78 is 12.5. The highest BCUT2D eigenvalue weighted by Gasteiger charge is 2.50. The van der Waals surface area contributed by atoms with Gasteiger partial charge in [0.2, 0.25) is 5.91 Å². The van der Waals surface area contributed by atoms with Gasteiger partial charge in [0.05, 0.1) is 12.2 Å². The molecule has 1 aromatic heterocycles. The molecule has 0 radical (unpaired) electrons. The first kappa shape index (κ1) is 21.2. The maximum atomic E-state index is 12.9. The largest absolute Gasteiger partial charge is 0.486 e. The second-order valence-corrected chi connectivity index (χ2v) is 9.43. The Labute approximate surface area is 199 Å². The molecule has 176 valence electrons. The number of hydrogen-bond acceptors (Lipinski definition) is 6. The number of ether oxygens (including phenoxy) is 2. The number of para-hydroxylation sites is 1. The molecule has 2 aromatic carbocycles. The van der Waals surface area contributed by atoms with Gasteiger partial charge in [0.1, 0.15) is 18.2 Å². The van der Waals surface area contributed by atoms with E-state index >= 15 is 0 Å². The van der Waals surface area contributed by atoms with E-state index in [1.807, 2.05) is 30.3 Å². The van der Waals surface area contributed by atoms with Crippen LogP contribution in [-0.2, 0) is 11.2 Å². The average molecular weight is 459 g/mol. The Morgan fingerprint density at radius 2 is 1.91 bits per heavy atom. The number of nitrogens with one attached hydrogen (secondary N) is 1. The summed E-state index contributed by atoms with van der Waals surface area (Å²) in [7, 11) is 0. The zero-order chi connectivity index (χ0) is 23.1. The number of piperidine rings is 1.